The van der Waals surface area contributed by atoms with Gasteiger partial charge < -0.3 is 10.2 Å². The van der Waals surface area contributed by atoms with Crippen LogP contribution in [0.1, 0.15) is 19.4 Å². The number of benzene rings is 1. The van der Waals surface area contributed by atoms with Crippen molar-refractivity contribution in [3.05, 3.63) is 35.4 Å². The molecule has 104 valence electrons. The van der Waals surface area contributed by atoms with Crippen molar-refractivity contribution in [2.45, 2.75) is 32.4 Å². The summed E-state index contributed by atoms with van der Waals surface area (Å²) in [6.07, 6.45) is -0.224. The highest BCUT2D eigenvalue weighted by Gasteiger charge is 2.25. The fraction of sp³-hybridized carbons (Fsp3) is 0.500. The van der Waals surface area contributed by atoms with E-state index in [1.807, 2.05) is 13.8 Å². The highest BCUT2D eigenvalue weighted by Crippen LogP contribution is 2.15. The Morgan fingerprint density at radius 2 is 1.79 bits per heavy atom. The lowest BCUT2D eigenvalue weighted by Gasteiger charge is -2.36. The molecular weight excluding hydrogens is 250 g/mol. The molecule has 1 fully saturated rings. The van der Waals surface area contributed by atoms with Gasteiger partial charge >= 0.3 is 0 Å². The van der Waals surface area contributed by atoms with Crippen LogP contribution in [0.25, 0.3) is 0 Å². The summed E-state index contributed by atoms with van der Waals surface area (Å²) >= 11 is 0. The highest BCUT2D eigenvalue weighted by atomic mass is 19.1. The van der Waals surface area contributed by atoms with Gasteiger partial charge in [0.15, 0.2) is 0 Å². The van der Waals surface area contributed by atoms with E-state index in [1.165, 1.54) is 18.2 Å². The van der Waals surface area contributed by atoms with Crippen LogP contribution in [0.2, 0.25) is 0 Å². The fourth-order valence-corrected chi connectivity index (χ4v) is 2.49. The van der Waals surface area contributed by atoms with E-state index in [-0.39, 0.29) is 30.0 Å². The molecule has 1 aromatic rings. The summed E-state index contributed by atoms with van der Waals surface area (Å²) in [6.45, 7) is 5.11. The minimum absolute atomic E-state index is 0.147. The Hall–Kier alpha value is -1.49. The Morgan fingerprint density at radius 1 is 1.26 bits per heavy atom. The Kier molecular flexibility index (Phi) is 4.14. The number of hydrogen-bond acceptors (Lipinski definition) is 2. The van der Waals surface area contributed by atoms with Crippen LogP contribution in [-0.2, 0) is 11.2 Å². The molecule has 0 radical (unpaired) electrons. The summed E-state index contributed by atoms with van der Waals surface area (Å²) in [6, 6.07) is 4.04. The molecule has 5 heteroatoms. The van der Waals surface area contributed by atoms with Gasteiger partial charge in [0.05, 0.1) is 6.42 Å². The first-order valence-electron chi connectivity index (χ1n) is 6.44. The minimum atomic E-state index is -0.662. The molecule has 2 unspecified atom stereocenters. The second-order valence-electron chi connectivity index (χ2n) is 5.14. The van der Waals surface area contributed by atoms with E-state index in [2.05, 4.69) is 5.32 Å². The third kappa shape index (κ3) is 3.29. The van der Waals surface area contributed by atoms with Gasteiger partial charge in [0.25, 0.3) is 0 Å². The smallest absolute Gasteiger partial charge is 0.227 e. The topological polar surface area (TPSA) is 32.3 Å². The van der Waals surface area contributed by atoms with Crippen LogP contribution in [0, 0.1) is 11.6 Å². The lowest BCUT2D eigenvalue weighted by molar-refractivity contribution is -0.132. The van der Waals surface area contributed by atoms with Gasteiger partial charge in [0.2, 0.25) is 5.91 Å². The van der Waals surface area contributed by atoms with Crippen molar-refractivity contribution in [3.63, 3.8) is 0 Å². The van der Waals surface area contributed by atoms with Gasteiger partial charge in [-0.25, -0.2) is 8.78 Å². The molecule has 1 amide bonds. The molecule has 1 aliphatic rings. The van der Waals surface area contributed by atoms with Gasteiger partial charge in [-0.3, -0.25) is 4.79 Å². The van der Waals surface area contributed by atoms with E-state index in [0.29, 0.717) is 13.1 Å². The van der Waals surface area contributed by atoms with E-state index in [9.17, 15) is 13.6 Å². The Morgan fingerprint density at radius 3 is 2.32 bits per heavy atom. The van der Waals surface area contributed by atoms with Crippen LogP contribution in [0.3, 0.4) is 0 Å². The van der Waals surface area contributed by atoms with Crippen LogP contribution in [0.4, 0.5) is 8.78 Å². The molecule has 3 nitrogen and oxygen atoms in total. The number of carbonyl (C=O) groups is 1. The average molecular weight is 268 g/mol. The van der Waals surface area contributed by atoms with Crippen molar-refractivity contribution in [2.75, 3.05) is 13.1 Å². The molecule has 2 atom stereocenters. The van der Waals surface area contributed by atoms with Crippen molar-refractivity contribution in [1.29, 1.82) is 0 Å². The van der Waals surface area contributed by atoms with Gasteiger partial charge in [0, 0.05) is 30.7 Å². The first-order valence-corrected chi connectivity index (χ1v) is 6.44. The zero-order valence-corrected chi connectivity index (χ0v) is 11.1. The maximum absolute atomic E-state index is 13.5. The molecule has 0 aliphatic carbocycles. The number of nitrogens with one attached hydrogen (secondary N) is 1. The maximum atomic E-state index is 13.5. The molecule has 19 heavy (non-hydrogen) atoms. The Bertz CT molecular complexity index is 448. The molecule has 0 spiro atoms. The summed E-state index contributed by atoms with van der Waals surface area (Å²) in [5, 5.41) is 3.31. The standard InChI is InChI=1S/C14H18F2N2O/c1-9-7-18(8-10(2)17-9)14(19)6-11-12(15)4-3-5-13(11)16/h3-5,9-10,17H,6-8H2,1-2H3. The van der Waals surface area contributed by atoms with E-state index >= 15 is 0 Å². The zero-order chi connectivity index (χ0) is 14.0. The number of carbonyl (C=O) groups excluding carboxylic acids is 1. The molecule has 1 aromatic carbocycles. The van der Waals surface area contributed by atoms with Gasteiger partial charge in [-0.15, -0.1) is 0 Å². The number of halogens is 2. The van der Waals surface area contributed by atoms with Crippen molar-refractivity contribution in [3.8, 4) is 0 Å². The summed E-state index contributed by atoms with van der Waals surface area (Å²) in [4.78, 5) is 13.8. The second kappa shape index (κ2) is 5.65. The Labute approximate surface area is 111 Å². The molecule has 1 saturated heterocycles. The van der Waals surface area contributed by atoms with Gasteiger partial charge in [-0.1, -0.05) is 6.07 Å². The monoisotopic (exact) mass is 268 g/mol. The maximum Gasteiger partial charge on any atom is 0.227 e. The summed E-state index contributed by atoms with van der Waals surface area (Å²) in [5.74, 6) is -1.56. The predicted molar refractivity (Wildman–Crippen MR) is 68.7 cm³/mol. The Balaban J connectivity index is 2.08. The van der Waals surface area contributed by atoms with Gasteiger partial charge in [-0.05, 0) is 26.0 Å². The predicted octanol–water partition coefficient (Wildman–Crippen LogP) is 1.72. The zero-order valence-electron chi connectivity index (χ0n) is 11.1. The van der Waals surface area contributed by atoms with Crippen LogP contribution in [0.5, 0.6) is 0 Å². The lowest BCUT2D eigenvalue weighted by Crippen LogP contribution is -2.56. The molecule has 1 N–H and O–H groups in total. The van der Waals surface area contributed by atoms with E-state index in [1.54, 1.807) is 4.90 Å². The first kappa shape index (κ1) is 13.9. The van der Waals surface area contributed by atoms with Crippen molar-refractivity contribution < 1.29 is 13.6 Å². The van der Waals surface area contributed by atoms with Crippen molar-refractivity contribution >= 4 is 5.91 Å². The molecule has 0 aromatic heterocycles. The van der Waals surface area contributed by atoms with Crippen LogP contribution >= 0.6 is 0 Å². The first-order chi connectivity index (χ1) is 8.97. The van der Waals surface area contributed by atoms with E-state index in [4.69, 9.17) is 0 Å². The summed E-state index contributed by atoms with van der Waals surface area (Å²) < 4.78 is 27.0. The highest BCUT2D eigenvalue weighted by molar-refractivity contribution is 5.79. The van der Waals surface area contributed by atoms with Gasteiger partial charge in [-0.2, -0.15) is 0 Å². The van der Waals surface area contributed by atoms with E-state index < -0.39 is 11.6 Å². The molecule has 0 saturated carbocycles. The number of hydrogen-bond donors (Lipinski definition) is 1. The normalized spacial score (nSPS) is 23.5. The number of amides is 1. The molecular formula is C14H18F2N2O. The largest absolute Gasteiger partial charge is 0.339 e. The lowest BCUT2D eigenvalue weighted by atomic mass is 10.1. The third-order valence-electron chi connectivity index (χ3n) is 3.30. The van der Waals surface area contributed by atoms with Crippen molar-refractivity contribution in [1.82, 2.24) is 10.2 Å². The average Bonchev–Trinajstić information content (AvgIpc) is 2.32. The number of piperazine rings is 1. The quantitative estimate of drug-likeness (QED) is 0.885. The summed E-state index contributed by atoms with van der Waals surface area (Å²) in [5.41, 5.74) is -0.147. The van der Waals surface area contributed by atoms with Crippen LogP contribution in [-0.4, -0.2) is 36.0 Å². The molecule has 0 bridgehead atoms. The van der Waals surface area contributed by atoms with Crippen LogP contribution in [0.15, 0.2) is 18.2 Å². The van der Waals surface area contributed by atoms with Gasteiger partial charge in [0.1, 0.15) is 11.6 Å². The molecule has 2 rings (SSSR count). The molecule has 1 aliphatic heterocycles. The third-order valence-corrected chi connectivity index (χ3v) is 3.30. The second-order valence-corrected chi connectivity index (χ2v) is 5.14. The molecule has 1 heterocycles. The minimum Gasteiger partial charge on any atom is -0.339 e. The number of nitrogens with zero attached hydrogens (tertiary/aromatic N) is 1. The fourth-order valence-electron chi connectivity index (χ4n) is 2.49. The summed E-state index contributed by atoms with van der Waals surface area (Å²) in [7, 11) is 0. The van der Waals surface area contributed by atoms with E-state index in [0.717, 1.165) is 0 Å². The number of rotatable bonds is 2. The SMILES string of the molecule is CC1CN(C(=O)Cc2c(F)cccc2F)CC(C)N1. The van der Waals surface area contributed by atoms with Crippen molar-refractivity contribution in [2.24, 2.45) is 0 Å². The van der Waals surface area contributed by atoms with Crippen LogP contribution < -0.4 is 5.32 Å².